The summed E-state index contributed by atoms with van der Waals surface area (Å²) >= 11 is 0. The molecule has 1 aliphatic carbocycles. The molecule has 0 bridgehead atoms. The highest BCUT2D eigenvalue weighted by atomic mass is 19.1. The molecule has 1 heterocycles. The number of hydrogen-bond acceptors (Lipinski definition) is 4. The first kappa shape index (κ1) is 21.1. The molecule has 2 aromatic rings. The number of allylic oxidation sites excluding steroid dienone is 2. The number of amides is 1. The van der Waals surface area contributed by atoms with E-state index < -0.39 is 11.7 Å². The zero-order valence-corrected chi connectivity index (χ0v) is 18.2. The second kappa shape index (κ2) is 7.84. The highest BCUT2D eigenvalue weighted by Crippen LogP contribution is 2.49. The topological polar surface area (TPSA) is 55.8 Å². The molecule has 31 heavy (non-hydrogen) atoms. The Bertz CT molecular complexity index is 1090. The number of hydrogen-bond donors (Lipinski definition) is 0. The molecule has 5 nitrogen and oxygen atoms in total. The summed E-state index contributed by atoms with van der Waals surface area (Å²) in [4.78, 5) is 28.3. The van der Waals surface area contributed by atoms with Gasteiger partial charge >= 0.3 is 0 Å². The van der Waals surface area contributed by atoms with Crippen molar-refractivity contribution in [3.05, 3.63) is 65.1 Å². The summed E-state index contributed by atoms with van der Waals surface area (Å²) in [5.41, 5.74) is 2.14. The van der Waals surface area contributed by atoms with Crippen molar-refractivity contribution >= 4 is 17.4 Å². The number of rotatable bonds is 4. The van der Waals surface area contributed by atoms with Gasteiger partial charge in [0, 0.05) is 35.6 Å². The Balaban J connectivity index is 1.94. The average Bonchev–Trinajstić information content (AvgIpc) is 2.71. The molecular weight excluding hydrogens is 397 g/mol. The third-order valence-electron chi connectivity index (χ3n) is 6.02. The maximum atomic E-state index is 14.0. The Kier molecular flexibility index (Phi) is 5.33. The molecule has 0 N–H and O–H groups in total. The van der Waals surface area contributed by atoms with Crippen molar-refractivity contribution < 1.29 is 23.5 Å². The minimum atomic E-state index is -0.444. The molecule has 0 aromatic heterocycles. The number of carbonyl (C=O) groups excluding carboxylic acids is 2. The smallest absolute Gasteiger partial charge is 0.232 e. The van der Waals surface area contributed by atoms with E-state index in [1.807, 2.05) is 19.9 Å². The summed E-state index contributed by atoms with van der Waals surface area (Å²) in [7, 11) is 3.14. The maximum Gasteiger partial charge on any atom is 0.232 e. The Labute approximate surface area is 181 Å². The number of benzene rings is 2. The SMILES string of the molecule is COc1ccc(OC)c([C@H]2CC(=O)N(c3cccc(F)c3)C3=C2C(=O)CC(C)(C)C3)c1. The first-order chi connectivity index (χ1) is 14.7. The van der Waals surface area contributed by atoms with Crippen LogP contribution in [0.3, 0.4) is 0 Å². The first-order valence-corrected chi connectivity index (χ1v) is 10.3. The van der Waals surface area contributed by atoms with Gasteiger partial charge in [-0.2, -0.15) is 0 Å². The third-order valence-corrected chi connectivity index (χ3v) is 6.02. The van der Waals surface area contributed by atoms with E-state index >= 15 is 0 Å². The van der Waals surface area contributed by atoms with Gasteiger partial charge in [-0.1, -0.05) is 19.9 Å². The number of carbonyl (C=O) groups is 2. The zero-order chi connectivity index (χ0) is 22.3. The van der Waals surface area contributed by atoms with Crippen LogP contribution in [-0.2, 0) is 9.59 Å². The van der Waals surface area contributed by atoms with E-state index in [1.165, 1.54) is 17.0 Å². The minimum absolute atomic E-state index is 0.00928. The lowest BCUT2D eigenvalue weighted by atomic mass is 9.69. The first-order valence-electron chi connectivity index (χ1n) is 10.3. The van der Waals surface area contributed by atoms with Crippen LogP contribution in [0.4, 0.5) is 10.1 Å². The van der Waals surface area contributed by atoms with Crippen molar-refractivity contribution in [1.82, 2.24) is 0 Å². The molecule has 0 fully saturated rings. The fourth-order valence-corrected chi connectivity index (χ4v) is 4.71. The van der Waals surface area contributed by atoms with Gasteiger partial charge < -0.3 is 9.47 Å². The molecule has 1 atom stereocenters. The van der Waals surface area contributed by atoms with Crippen LogP contribution in [-0.4, -0.2) is 25.9 Å². The van der Waals surface area contributed by atoms with Crippen molar-refractivity contribution in [2.24, 2.45) is 5.41 Å². The second-order valence-corrected chi connectivity index (χ2v) is 8.87. The van der Waals surface area contributed by atoms with Crippen molar-refractivity contribution in [1.29, 1.82) is 0 Å². The predicted molar refractivity (Wildman–Crippen MR) is 116 cm³/mol. The van der Waals surface area contributed by atoms with Gasteiger partial charge in [-0.25, -0.2) is 4.39 Å². The largest absolute Gasteiger partial charge is 0.497 e. The standard InChI is InChI=1S/C25H26FNO4/c1-25(2)13-20-24(21(28)14-25)19(18-11-17(30-3)8-9-22(18)31-4)12-23(29)27(20)16-7-5-6-15(26)10-16/h5-11,19H,12-14H2,1-4H3/t19-/m1/s1. The lowest BCUT2D eigenvalue weighted by Gasteiger charge is -2.43. The van der Waals surface area contributed by atoms with Crippen LogP contribution in [0.1, 0.15) is 44.6 Å². The van der Waals surface area contributed by atoms with Crippen LogP contribution in [0, 0.1) is 11.2 Å². The Morgan fingerprint density at radius 1 is 1.03 bits per heavy atom. The van der Waals surface area contributed by atoms with Crippen molar-refractivity contribution in [2.45, 2.75) is 39.0 Å². The summed E-state index contributed by atoms with van der Waals surface area (Å²) in [5.74, 6) is 0.190. The van der Waals surface area contributed by atoms with Gasteiger partial charge in [0.15, 0.2) is 5.78 Å². The number of methoxy groups -OCH3 is 2. The van der Waals surface area contributed by atoms with Crippen LogP contribution in [0.15, 0.2) is 53.7 Å². The predicted octanol–water partition coefficient (Wildman–Crippen LogP) is 5.01. The van der Waals surface area contributed by atoms with Gasteiger partial charge in [0.2, 0.25) is 5.91 Å². The molecule has 0 saturated heterocycles. The van der Waals surface area contributed by atoms with Gasteiger partial charge in [0.25, 0.3) is 0 Å². The number of anilines is 1. The van der Waals surface area contributed by atoms with Gasteiger partial charge in [-0.05, 0) is 48.2 Å². The van der Waals surface area contributed by atoms with E-state index in [1.54, 1.807) is 38.5 Å². The van der Waals surface area contributed by atoms with Crippen LogP contribution >= 0.6 is 0 Å². The lowest BCUT2D eigenvalue weighted by molar-refractivity contribution is -0.121. The highest BCUT2D eigenvalue weighted by molar-refractivity contribution is 6.08. The number of halogens is 1. The molecule has 0 spiro atoms. The van der Waals surface area contributed by atoms with Gasteiger partial charge in [0.1, 0.15) is 17.3 Å². The van der Waals surface area contributed by atoms with E-state index in [0.29, 0.717) is 41.3 Å². The average molecular weight is 423 g/mol. The quantitative estimate of drug-likeness (QED) is 0.694. The summed E-state index contributed by atoms with van der Waals surface area (Å²) in [5, 5.41) is 0. The molecule has 1 amide bonds. The summed E-state index contributed by atoms with van der Waals surface area (Å²) in [6.07, 6.45) is 1.02. The molecule has 2 aliphatic rings. The van der Waals surface area contributed by atoms with Gasteiger partial charge in [-0.3, -0.25) is 14.5 Å². The molecular formula is C25H26FNO4. The van der Waals surface area contributed by atoms with Crippen LogP contribution < -0.4 is 14.4 Å². The molecule has 162 valence electrons. The summed E-state index contributed by atoms with van der Waals surface area (Å²) in [6.45, 7) is 4.03. The fourth-order valence-electron chi connectivity index (χ4n) is 4.71. The van der Waals surface area contributed by atoms with Crippen LogP contribution in [0.2, 0.25) is 0 Å². The maximum absolute atomic E-state index is 14.0. The molecule has 2 aromatic carbocycles. The van der Waals surface area contributed by atoms with E-state index in [0.717, 1.165) is 5.56 Å². The number of Topliss-reactive ketones (excluding diaryl/α,β-unsaturated/α-hetero) is 1. The van der Waals surface area contributed by atoms with Crippen molar-refractivity contribution in [2.75, 3.05) is 19.1 Å². The lowest BCUT2D eigenvalue weighted by Crippen LogP contribution is -2.43. The highest BCUT2D eigenvalue weighted by Gasteiger charge is 2.45. The van der Waals surface area contributed by atoms with E-state index in [-0.39, 0.29) is 23.5 Å². The second-order valence-electron chi connectivity index (χ2n) is 8.87. The third kappa shape index (κ3) is 3.82. The molecule has 6 heteroatoms. The van der Waals surface area contributed by atoms with Crippen LogP contribution in [0.25, 0.3) is 0 Å². The molecule has 0 saturated carbocycles. The number of ether oxygens (including phenoxy) is 2. The normalized spacial score (nSPS) is 20.5. The van der Waals surface area contributed by atoms with E-state index in [9.17, 15) is 14.0 Å². The molecule has 0 unspecified atom stereocenters. The molecule has 1 aliphatic heterocycles. The summed E-state index contributed by atoms with van der Waals surface area (Å²) < 4.78 is 24.9. The van der Waals surface area contributed by atoms with Crippen molar-refractivity contribution in [3.8, 4) is 11.5 Å². The zero-order valence-electron chi connectivity index (χ0n) is 18.2. The van der Waals surface area contributed by atoms with E-state index in [4.69, 9.17) is 9.47 Å². The van der Waals surface area contributed by atoms with Crippen LogP contribution in [0.5, 0.6) is 11.5 Å². The minimum Gasteiger partial charge on any atom is -0.497 e. The monoisotopic (exact) mass is 423 g/mol. The molecule has 0 radical (unpaired) electrons. The van der Waals surface area contributed by atoms with Gasteiger partial charge in [0.05, 0.1) is 19.9 Å². The Morgan fingerprint density at radius 2 is 1.81 bits per heavy atom. The van der Waals surface area contributed by atoms with Gasteiger partial charge in [-0.15, -0.1) is 0 Å². The molecule has 4 rings (SSSR count). The Hall–Kier alpha value is -3.15. The fraction of sp³-hybridized carbons (Fsp3) is 0.360. The summed E-state index contributed by atoms with van der Waals surface area (Å²) in [6, 6.07) is 11.3. The van der Waals surface area contributed by atoms with E-state index in [2.05, 4.69) is 0 Å². The number of nitrogens with zero attached hydrogens (tertiary/aromatic N) is 1. The number of ketones is 1. The van der Waals surface area contributed by atoms with Crippen molar-refractivity contribution in [3.63, 3.8) is 0 Å². The Morgan fingerprint density at radius 3 is 2.48 bits per heavy atom.